The highest BCUT2D eigenvalue weighted by molar-refractivity contribution is 7.92. The van der Waals surface area contributed by atoms with Crippen molar-refractivity contribution in [1.29, 1.82) is 0 Å². The summed E-state index contributed by atoms with van der Waals surface area (Å²) >= 11 is 0. The third-order valence-corrected chi connectivity index (χ3v) is 8.05. The molecule has 8 heteroatoms. The van der Waals surface area contributed by atoms with Crippen LogP contribution >= 0.6 is 0 Å². The topological polar surface area (TPSA) is 86.8 Å². The molecule has 1 N–H and O–H groups in total. The van der Waals surface area contributed by atoms with E-state index in [0.29, 0.717) is 12.1 Å². The molecule has 3 rings (SSSR count). The molecule has 0 saturated carbocycles. The monoisotopic (exact) mass is 549 g/mol. The Morgan fingerprint density at radius 3 is 2.08 bits per heavy atom. The van der Waals surface area contributed by atoms with E-state index in [1.807, 2.05) is 77.9 Å². The van der Waals surface area contributed by atoms with Gasteiger partial charge in [-0.3, -0.25) is 13.9 Å². The number of nitrogens with zero attached hydrogens (tertiary/aromatic N) is 2. The predicted octanol–water partition coefficient (Wildman–Crippen LogP) is 5.22. The third kappa shape index (κ3) is 7.93. The number of carbonyl (C=O) groups excluding carboxylic acids is 2. The van der Waals surface area contributed by atoms with E-state index in [2.05, 4.69) is 5.32 Å². The molecule has 0 saturated heterocycles. The Morgan fingerprint density at radius 1 is 0.872 bits per heavy atom. The van der Waals surface area contributed by atoms with Crippen LogP contribution in [0.2, 0.25) is 0 Å². The number of sulfonamides is 1. The number of rotatable bonds is 10. The van der Waals surface area contributed by atoms with Gasteiger partial charge in [0.2, 0.25) is 11.8 Å². The summed E-state index contributed by atoms with van der Waals surface area (Å²) in [6, 6.07) is 22.2. The zero-order valence-electron chi connectivity index (χ0n) is 23.6. The summed E-state index contributed by atoms with van der Waals surface area (Å²) in [7, 11) is -4.09. The van der Waals surface area contributed by atoms with E-state index in [0.717, 1.165) is 21.0 Å². The second-order valence-electron chi connectivity index (χ2n) is 10.8. The average molecular weight is 550 g/mol. The van der Waals surface area contributed by atoms with Gasteiger partial charge in [0, 0.05) is 12.1 Å². The molecule has 0 aliphatic rings. The van der Waals surface area contributed by atoms with Crippen molar-refractivity contribution in [1.82, 2.24) is 10.2 Å². The Bertz CT molecular complexity index is 1380. The summed E-state index contributed by atoms with van der Waals surface area (Å²) in [6.07, 6.45) is 0.371. The van der Waals surface area contributed by atoms with Gasteiger partial charge >= 0.3 is 0 Å². The maximum atomic E-state index is 14.1. The van der Waals surface area contributed by atoms with Crippen molar-refractivity contribution in [2.45, 2.75) is 71.0 Å². The first-order valence-electron chi connectivity index (χ1n) is 13.1. The number of amides is 2. The van der Waals surface area contributed by atoms with Crippen LogP contribution in [0.1, 0.15) is 50.8 Å². The summed E-state index contributed by atoms with van der Waals surface area (Å²) < 4.78 is 29.0. The lowest BCUT2D eigenvalue weighted by molar-refractivity contribution is -0.141. The van der Waals surface area contributed by atoms with E-state index in [-0.39, 0.29) is 17.3 Å². The smallest absolute Gasteiger partial charge is 0.264 e. The molecule has 7 nitrogen and oxygen atoms in total. The van der Waals surface area contributed by atoms with Gasteiger partial charge in [0.25, 0.3) is 10.0 Å². The van der Waals surface area contributed by atoms with Gasteiger partial charge in [0.15, 0.2) is 0 Å². The molecular weight excluding hydrogens is 510 g/mol. The molecule has 3 aromatic rings. The lowest BCUT2D eigenvalue weighted by Crippen LogP contribution is -2.55. The van der Waals surface area contributed by atoms with Gasteiger partial charge in [-0.2, -0.15) is 0 Å². The molecule has 0 aliphatic carbocycles. The molecule has 3 aromatic carbocycles. The van der Waals surface area contributed by atoms with E-state index in [1.165, 1.54) is 4.90 Å². The zero-order chi connectivity index (χ0) is 28.8. The highest BCUT2D eigenvalue weighted by atomic mass is 32.2. The second kappa shape index (κ2) is 12.5. The molecule has 0 aliphatic heterocycles. The highest BCUT2D eigenvalue weighted by Crippen LogP contribution is 2.26. The van der Waals surface area contributed by atoms with Crippen molar-refractivity contribution in [2.24, 2.45) is 0 Å². The summed E-state index contributed by atoms with van der Waals surface area (Å²) in [5.74, 6) is -0.746. The van der Waals surface area contributed by atoms with Gasteiger partial charge in [0.05, 0.1) is 10.6 Å². The number of hydrogen-bond acceptors (Lipinski definition) is 4. The Hall–Kier alpha value is -3.65. The number of anilines is 1. The zero-order valence-corrected chi connectivity index (χ0v) is 24.5. The SMILES string of the molecule is CC[C@@H](C(=O)NC(C)(C)C)N(Cc1ccccc1)C(=O)CN(c1cccc(C)c1)S(=O)(=O)c1ccc(C)cc1. The van der Waals surface area contributed by atoms with Gasteiger partial charge < -0.3 is 10.2 Å². The van der Waals surface area contributed by atoms with Crippen LogP contribution < -0.4 is 9.62 Å². The second-order valence-corrected chi connectivity index (χ2v) is 12.7. The summed E-state index contributed by atoms with van der Waals surface area (Å²) in [4.78, 5) is 29.0. The molecule has 0 spiro atoms. The molecule has 0 unspecified atom stereocenters. The molecule has 0 radical (unpaired) electrons. The first-order chi connectivity index (χ1) is 18.3. The van der Waals surface area contributed by atoms with E-state index >= 15 is 0 Å². The molecule has 0 heterocycles. The molecule has 0 bridgehead atoms. The van der Waals surface area contributed by atoms with Crippen LogP contribution in [-0.4, -0.2) is 43.3 Å². The van der Waals surface area contributed by atoms with E-state index < -0.39 is 34.1 Å². The third-order valence-electron chi connectivity index (χ3n) is 6.26. The van der Waals surface area contributed by atoms with Crippen molar-refractivity contribution < 1.29 is 18.0 Å². The predicted molar refractivity (Wildman–Crippen MR) is 156 cm³/mol. The Balaban J connectivity index is 2.06. The highest BCUT2D eigenvalue weighted by Gasteiger charge is 2.34. The van der Waals surface area contributed by atoms with Gasteiger partial charge in [-0.1, -0.05) is 67.1 Å². The van der Waals surface area contributed by atoms with Gasteiger partial charge in [-0.25, -0.2) is 8.42 Å². The maximum absolute atomic E-state index is 14.1. The minimum Gasteiger partial charge on any atom is -0.350 e. The molecule has 208 valence electrons. The summed E-state index contributed by atoms with van der Waals surface area (Å²) in [5, 5.41) is 2.98. The number of benzene rings is 3. The molecule has 0 fully saturated rings. The molecule has 1 atom stereocenters. The van der Waals surface area contributed by atoms with Crippen LogP contribution in [0.5, 0.6) is 0 Å². The maximum Gasteiger partial charge on any atom is 0.264 e. The normalized spacial score (nSPS) is 12.5. The van der Waals surface area contributed by atoms with Gasteiger partial charge in [-0.05, 0) is 76.4 Å². The van der Waals surface area contributed by atoms with E-state index in [4.69, 9.17) is 0 Å². The lowest BCUT2D eigenvalue weighted by atomic mass is 10.1. The standard InChI is InChI=1S/C31H39N3O4S/c1-7-28(30(36)32-31(4,5)6)33(21-25-13-9-8-10-14-25)29(35)22-34(26-15-11-12-24(3)20-26)39(37,38)27-18-16-23(2)17-19-27/h8-20,28H,7,21-22H2,1-6H3,(H,32,36)/t28-/m0/s1. The Labute approximate surface area is 232 Å². The van der Waals surface area contributed by atoms with Crippen LogP contribution in [0, 0.1) is 13.8 Å². The van der Waals surface area contributed by atoms with E-state index in [1.54, 1.807) is 42.5 Å². The summed E-state index contributed by atoms with van der Waals surface area (Å²) in [6.45, 7) is 11.0. The first kappa shape index (κ1) is 29.9. The fourth-order valence-corrected chi connectivity index (χ4v) is 5.71. The largest absolute Gasteiger partial charge is 0.350 e. The number of nitrogens with one attached hydrogen (secondary N) is 1. The minimum absolute atomic E-state index is 0.0922. The van der Waals surface area contributed by atoms with Gasteiger partial charge in [-0.15, -0.1) is 0 Å². The average Bonchev–Trinajstić information content (AvgIpc) is 2.86. The van der Waals surface area contributed by atoms with Crippen molar-refractivity contribution in [3.8, 4) is 0 Å². The lowest BCUT2D eigenvalue weighted by Gasteiger charge is -2.34. The summed E-state index contributed by atoms with van der Waals surface area (Å²) in [5.41, 5.74) is 2.53. The van der Waals surface area contributed by atoms with Crippen molar-refractivity contribution in [2.75, 3.05) is 10.8 Å². The Kier molecular flexibility index (Phi) is 9.56. The van der Waals surface area contributed by atoms with E-state index in [9.17, 15) is 18.0 Å². The van der Waals surface area contributed by atoms with Crippen molar-refractivity contribution >= 4 is 27.5 Å². The number of aryl methyl sites for hydroxylation is 2. The van der Waals surface area contributed by atoms with Crippen LogP contribution in [0.4, 0.5) is 5.69 Å². The fourth-order valence-electron chi connectivity index (χ4n) is 4.30. The van der Waals surface area contributed by atoms with Crippen molar-refractivity contribution in [3.63, 3.8) is 0 Å². The quantitative estimate of drug-likeness (QED) is 0.376. The fraction of sp³-hybridized carbons (Fsp3) is 0.355. The number of hydrogen-bond donors (Lipinski definition) is 1. The molecule has 2 amide bonds. The van der Waals surface area contributed by atoms with Crippen molar-refractivity contribution in [3.05, 3.63) is 95.6 Å². The van der Waals surface area contributed by atoms with Crippen LogP contribution in [0.15, 0.2) is 83.8 Å². The number of carbonyl (C=O) groups is 2. The first-order valence-corrected chi connectivity index (χ1v) is 14.6. The minimum atomic E-state index is -4.09. The van der Waals surface area contributed by atoms with Crippen LogP contribution in [-0.2, 0) is 26.2 Å². The molecule has 0 aromatic heterocycles. The van der Waals surface area contributed by atoms with Crippen LogP contribution in [0.25, 0.3) is 0 Å². The Morgan fingerprint density at radius 2 is 1.51 bits per heavy atom. The van der Waals surface area contributed by atoms with Crippen LogP contribution in [0.3, 0.4) is 0 Å². The van der Waals surface area contributed by atoms with Gasteiger partial charge in [0.1, 0.15) is 12.6 Å². The molecular formula is C31H39N3O4S. The molecule has 39 heavy (non-hydrogen) atoms.